The fourth-order valence-electron chi connectivity index (χ4n) is 3.14. The molecule has 1 atom stereocenters. The molecule has 1 saturated heterocycles. The Hall–Kier alpha value is -2.30. The zero-order valence-corrected chi connectivity index (χ0v) is 13.0. The number of hydrogen-bond acceptors (Lipinski definition) is 2. The van der Waals surface area contributed by atoms with Gasteiger partial charge in [-0.15, -0.1) is 0 Å². The van der Waals surface area contributed by atoms with E-state index < -0.39 is 6.04 Å². The van der Waals surface area contributed by atoms with Crippen molar-refractivity contribution >= 4 is 22.7 Å². The number of H-pyrrole nitrogens is 1. The summed E-state index contributed by atoms with van der Waals surface area (Å²) in [7, 11) is 0. The summed E-state index contributed by atoms with van der Waals surface area (Å²) < 4.78 is 0. The molecular formula is C17H21N3O2. The lowest BCUT2D eigenvalue weighted by Gasteiger charge is -2.25. The number of fused-ring (bicyclic) bond motifs is 1. The topological polar surface area (TPSA) is 65.2 Å². The zero-order chi connectivity index (χ0) is 15.7. The molecule has 1 fully saturated rings. The molecule has 1 aliphatic heterocycles. The van der Waals surface area contributed by atoms with E-state index in [-0.39, 0.29) is 11.8 Å². The molecule has 2 aromatic rings. The van der Waals surface area contributed by atoms with Gasteiger partial charge in [-0.05, 0) is 37.5 Å². The number of nitrogens with one attached hydrogen (secondary N) is 2. The molecule has 1 aliphatic rings. The van der Waals surface area contributed by atoms with E-state index in [1.165, 1.54) is 0 Å². The van der Waals surface area contributed by atoms with Crippen molar-refractivity contribution in [1.82, 2.24) is 15.2 Å². The first kappa shape index (κ1) is 14.6. The van der Waals surface area contributed by atoms with Crippen molar-refractivity contribution in [2.24, 2.45) is 0 Å². The Bertz CT molecular complexity index is 720. The average molecular weight is 299 g/mol. The van der Waals surface area contributed by atoms with Crippen LogP contribution < -0.4 is 5.32 Å². The highest BCUT2D eigenvalue weighted by Crippen LogP contribution is 2.23. The van der Waals surface area contributed by atoms with Crippen LogP contribution in [0.1, 0.15) is 24.5 Å². The van der Waals surface area contributed by atoms with E-state index in [4.69, 9.17) is 0 Å². The number of benzene rings is 1. The predicted molar refractivity (Wildman–Crippen MR) is 85.5 cm³/mol. The minimum Gasteiger partial charge on any atom is -0.361 e. The van der Waals surface area contributed by atoms with Gasteiger partial charge in [-0.3, -0.25) is 9.59 Å². The minimum absolute atomic E-state index is 0.00806. The first-order valence-electron chi connectivity index (χ1n) is 7.70. The zero-order valence-electron chi connectivity index (χ0n) is 13.0. The number of amides is 2. The lowest BCUT2D eigenvalue weighted by Crippen LogP contribution is -2.45. The maximum absolute atomic E-state index is 12.7. The molecule has 0 spiro atoms. The third-order valence-electron chi connectivity index (χ3n) is 4.38. The van der Waals surface area contributed by atoms with Crippen LogP contribution >= 0.6 is 0 Å². The third kappa shape index (κ3) is 2.58. The molecule has 0 saturated carbocycles. The molecule has 2 amide bonds. The van der Waals surface area contributed by atoms with Crippen LogP contribution in [0.2, 0.25) is 0 Å². The smallest absolute Gasteiger partial charge is 0.242 e. The van der Waals surface area contributed by atoms with Crippen molar-refractivity contribution in [1.29, 1.82) is 0 Å². The first-order chi connectivity index (χ1) is 10.6. The quantitative estimate of drug-likeness (QED) is 0.887. The van der Waals surface area contributed by atoms with Gasteiger partial charge in [-0.1, -0.05) is 12.1 Å². The van der Waals surface area contributed by atoms with Gasteiger partial charge in [0.05, 0.1) is 6.42 Å². The van der Waals surface area contributed by atoms with Crippen molar-refractivity contribution in [3.63, 3.8) is 0 Å². The van der Waals surface area contributed by atoms with E-state index in [2.05, 4.69) is 10.3 Å². The maximum Gasteiger partial charge on any atom is 0.242 e. The Kier molecular flexibility index (Phi) is 3.88. The van der Waals surface area contributed by atoms with E-state index in [1.54, 1.807) is 11.8 Å². The molecule has 1 unspecified atom stereocenters. The molecule has 22 heavy (non-hydrogen) atoms. The normalized spacial score (nSPS) is 19.1. The van der Waals surface area contributed by atoms with Crippen molar-refractivity contribution in [3.05, 3.63) is 35.5 Å². The van der Waals surface area contributed by atoms with E-state index in [0.717, 1.165) is 28.5 Å². The third-order valence-corrected chi connectivity index (χ3v) is 4.38. The van der Waals surface area contributed by atoms with Crippen LogP contribution in [0.15, 0.2) is 24.4 Å². The Labute approximate surface area is 129 Å². The van der Waals surface area contributed by atoms with Gasteiger partial charge in [0.25, 0.3) is 0 Å². The molecule has 2 heterocycles. The second-order valence-electron chi connectivity index (χ2n) is 5.90. The van der Waals surface area contributed by atoms with Gasteiger partial charge >= 0.3 is 0 Å². The summed E-state index contributed by atoms with van der Waals surface area (Å²) in [4.78, 5) is 29.5. The molecule has 1 aromatic carbocycles. The molecular weight excluding hydrogens is 278 g/mol. The molecule has 2 N–H and O–H groups in total. The summed E-state index contributed by atoms with van der Waals surface area (Å²) in [6.45, 7) is 5.10. The molecule has 116 valence electrons. The molecule has 1 aromatic heterocycles. The molecule has 0 bridgehead atoms. The average Bonchev–Trinajstić information content (AvgIpc) is 2.82. The summed E-state index contributed by atoms with van der Waals surface area (Å²) >= 11 is 0. The fraction of sp³-hybridized carbons (Fsp3) is 0.412. The van der Waals surface area contributed by atoms with Gasteiger partial charge in [-0.2, -0.15) is 0 Å². The van der Waals surface area contributed by atoms with Gasteiger partial charge in [0, 0.05) is 30.2 Å². The highest BCUT2D eigenvalue weighted by atomic mass is 16.2. The van der Waals surface area contributed by atoms with Gasteiger partial charge in [0.1, 0.15) is 6.04 Å². The fourth-order valence-corrected chi connectivity index (χ4v) is 3.14. The summed E-state index contributed by atoms with van der Waals surface area (Å²) in [6.07, 6.45) is 3.02. The summed E-state index contributed by atoms with van der Waals surface area (Å²) in [5, 5.41) is 3.95. The van der Waals surface area contributed by atoms with Crippen LogP contribution in [-0.2, 0) is 16.0 Å². The number of aromatic amines is 1. The predicted octanol–water partition coefficient (Wildman–Crippen LogP) is 1.76. The highest BCUT2D eigenvalue weighted by molar-refractivity contribution is 5.93. The minimum atomic E-state index is -0.402. The van der Waals surface area contributed by atoms with Crippen LogP contribution in [0.4, 0.5) is 0 Å². The van der Waals surface area contributed by atoms with E-state index in [9.17, 15) is 9.59 Å². The summed E-state index contributed by atoms with van der Waals surface area (Å²) in [6, 6.07) is 5.66. The molecule has 0 aliphatic carbocycles. The number of nitrogens with zero attached hydrogens (tertiary/aromatic N) is 1. The molecule has 5 heteroatoms. The van der Waals surface area contributed by atoms with Crippen LogP contribution in [0.5, 0.6) is 0 Å². The van der Waals surface area contributed by atoms with Crippen LogP contribution in [0, 0.1) is 6.92 Å². The second-order valence-corrected chi connectivity index (χ2v) is 5.90. The standard InChI is InChI=1S/C17H21N3O2/c1-11-5-3-6-14-16(11)13(10-19-14)9-15(21)20-8-4-7-18-17(22)12(20)2/h3,5-6,10,12,19H,4,7-9H2,1-2H3,(H,18,22). The van der Waals surface area contributed by atoms with Crippen molar-refractivity contribution in [2.75, 3.05) is 13.1 Å². The Balaban J connectivity index is 1.85. The lowest BCUT2D eigenvalue weighted by molar-refractivity contribution is -0.138. The van der Waals surface area contributed by atoms with Crippen LogP contribution in [0.25, 0.3) is 10.9 Å². The van der Waals surface area contributed by atoms with Gasteiger partial charge < -0.3 is 15.2 Å². The Morgan fingerprint density at radius 2 is 2.23 bits per heavy atom. The van der Waals surface area contributed by atoms with Crippen molar-refractivity contribution in [3.8, 4) is 0 Å². The van der Waals surface area contributed by atoms with Crippen LogP contribution in [0.3, 0.4) is 0 Å². The maximum atomic E-state index is 12.7. The number of carbonyl (C=O) groups is 2. The second kappa shape index (κ2) is 5.83. The molecule has 5 nitrogen and oxygen atoms in total. The number of hydrogen-bond donors (Lipinski definition) is 2. The number of aryl methyl sites for hydroxylation is 1. The summed E-state index contributed by atoms with van der Waals surface area (Å²) in [5.74, 6) is -0.0605. The number of carbonyl (C=O) groups excluding carboxylic acids is 2. The first-order valence-corrected chi connectivity index (χ1v) is 7.70. The summed E-state index contributed by atoms with van der Waals surface area (Å²) in [5.41, 5.74) is 3.20. The van der Waals surface area contributed by atoms with E-state index >= 15 is 0 Å². The van der Waals surface area contributed by atoms with E-state index in [1.807, 2.05) is 31.3 Å². The molecule has 3 rings (SSSR count). The SMILES string of the molecule is Cc1cccc2[nH]cc(CC(=O)N3CCCNC(=O)C3C)c12. The van der Waals surface area contributed by atoms with Crippen molar-refractivity contribution < 1.29 is 9.59 Å². The van der Waals surface area contributed by atoms with E-state index in [0.29, 0.717) is 19.5 Å². The number of rotatable bonds is 2. The molecule has 0 radical (unpaired) electrons. The van der Waals surface area contributed by atoms with Gasteiger partial charge in [-0.25, -0.2) is 0 Å². The van der Waals surface area contributed by atoms with Crippen molar-refractivity contribution in [2.45, 2.75) is 32.7 Å². The lowest BCUT2D eigenvalue weighted by atomic mass is 10.0. The Morgan fingerprint density at radius 1 is 1.41 bits per heavy atom. The van der Waals surface area contributed by atoms with Gasteiger partial charge in [0.2, 0.25) is 11.8 Å². The van der Waals surface area contributed by atoms with Crippen LogP contribution in [-0.4, -0.2) is 40.8 Å². The monoisotopic (exact) mass is 299 g/mol. The Morgan fingerprint density at radius 3 is 3.05 bits per heavy atom. The largest absolute Gasteiger partial charge is 0.361 e. The number of aromatic nitrogens is 1. The van der Waals surface area contributed by atoms with Gasteiger partial charge in [0.15, 0.2) is 0 Å². The highest BCUT2D eigenvalue weighted by Gasteiger charge is 2.28.